The lowest BCUT2D eigenvalue weighted by Gasteiger charge is -2.02. The molecule has 0 spiro atoms. The summed E-state index contributed by atoms with van der Waals surface area (Å²) in [6.45, 7) is 0. The number of hydrogen-bond acceptors (Lipinski definition) is 7. The van der Waals surface area contributed by atoms with Crippen molar-refractivity contribution in [3.05, 3.63) is 72.5 Å². The number of ether oxygens (including phenoxy) is 1. The summed E-state index contributed by atoms with van der Waals surface area (Å²) in [5, 5.41) is 3.96. The van der Waals surface area contributed by atoms with Crippen molar-refractivity contribution in [2.75, 3.05) is 7.11 Å². The van der Waals surface area contributed by atoms with Crippen LogP contribution in [-0.2, 0) is 15.6 Å². The van der Waals surface area contributed by atoms with Gasteiger partial charge in [0.15, 0.2) is 15.6 Å². The van der Waals surface area contributed by atoms with Gasteiger partial charge in [-0.3, -0.25) is 0 Å². The molecule has 8 heteroatoms. The quantitative estimate of drug-likeness (QED) is 0.486. The number of rotatable bonds is 6. The van der Waals surface area contributed by atoms with Gasteiger partial charge in [0.2, 0.25) is 5.82 Å². The van der Waals surface area contributed by atoms with Crippen molar-refractivity contribution in [1.82, 2.24) is 10.1 Å². The molecule has 0 amide bonds. The third-order valence-corrected chi connectivity index (χ3v) is 5.74. The fraction of sp³-hybridized carbons (Fsp3) is 0.100. The number of methoxy groups -OCH3 is 1. The van der Waals surface area contributed by atoms with E-state index in [1.54, 1.807) is 55.6 Å². The molecule has 2 aromatic heterocycles. The van der Waals surface area contributed by atoms with Gasteiger partial charge in [-0.1, -0.05) is 35.5 Å². The second kappa shape index (κ2) is 7.32. The van der Waals surface area contributed by atoms with E-state index in [1.165, 1.54) is 0 Å². The van der Waals surface area contributed by atoms with Crippen molar-refractivity contribution < 1.29 is 22.1 Å². The van der Waals surface area contributed by atoms with Gasteiger partial charge >= 0.3 is 0 Å². The molecular formula is C20H16N2O5S. The maximum Gasteiger partial charge on any atom is 0.293 e. The first-order valence-corrected chi connectivity index (χ1v) is 10.1. The fourth-order valence-electron chi connectivity index (χ4n) is 2.73. The minimum Gasteiger partial charge on any atom is -0.496 e. The average Bonchev–Trinajstić information content (AvgIpc) is 3.38. The number of sulfone groups is 1. The van der Waals surface area contributed by atoms with Crippen LogP contribution in [0.5, 0.6) is 5.75 Å². The number of hydrogen-bond donors (Lipinski definition) is 0. The Bertz CT molecular complexity index is 1200. The summed E-state index contributed by atoms with van der Waals surface area (Å²) in [4.78, 5) is 4.57. The van der Waals surface area contributed by atoms with Crippen molar-refractivity contribution in [2.45, 2.75) is 10.6 Å². The first kappa shape index (κ1) is 18.0. The molecular weight excluding hydrogens is 380 g/mol. The van der Waals surface area contributed by atoms with E-state index in [2.05, 4.69) is 10.1 Å². The molecule has 0 aliphatic heterocycles. The van der Waals surface area contributed by atoms with Gasteiger partial charge in [-0.2, -0.15) is 4.98 Å². The van der Waals surface area contributed by atoms with Crippen LogP contribution in [0.2, 0.25) is 0 Å². The van der Waals surface area contributed by atoms with Crippen LogP contribution in [0.4, 0.5) is 0 Å². The van der Waals surface area contributed by atoms with Crippen molar-refractivity contribution >= 4 is 9.84 Å². The summed E-state index contributed by atoms with van der Waals surface area (Å²) in [7, 11) is -1.94. The molecule has 2 aromatic carbocycles. The van der Waals surface area contributed by atoms with Crippen LogP contribution in [0.25, 0.3) is 23.0 Å². The Morgan fingerprint density at radius 1 is 0.964 bits per heavy atom. The van der Waals surface area contributed by atoms with E-state index in [-0.39, 0.29) is 22.3 Å². The highest BCUT2D eigenvalue weighted by Crippen LogP contribution is 2.30. The van der Waals surface area contributed by atoms with Crippen LogP contribution in [0, 0.1) is 0 Å². The lowest BCUT2D eigenvalue weighted by Crippen LogP contribution is -2.03. The lowest BCUT2D eigenvalue weighted by molar-refractivity contribution is 0.408. The number of aromatic nitrogens is 2. The van der Waals surface area contributed by atoms with Crippen LogP contribution >= 0.6 is 0 Å². The largest absolute Gasteiger partial charge is 0.496 e. The summed E-state index contributed by atoms with van der Waals surface area (Å²) >= 11 is 0. The molecule has 0 unspecified atom stereocenters. The smallest absolute Gasteiger partial charge is 0.293 e. The zero-order valence-electron chi connectivity index (χ0n) is 14.9. The van der Waals surface area contributed by atoms with Crippen LogP contribution in [-0.4, -0.2) is 25.7 Å². The molecule has 0 radical (unpaired) electrons. The Morgan fingerprint density at radius 2 is 1.71 bits per heavy atom. The molecule has 0 aliphatic carbocycles. The second-order valence-electron chi connectivity index (χ2n) is 5.96. The van der Waals surface area contributed by atoms with E-state index in [0.717, 1.165) is 0 Å². The zero-order valence-corrected chi connectivity index (χ0v) is 15.7. The molecule has 0 bridgehead atoms. The maximum atomic E-state index is 12.5. The van der Waals surface area contributed by atoms with Crippen molar-refractivity contribution in [3.63, 3.8) is 0 Å². The lowest BCUT2D eigenvalue weighted by atomic mass is 10.2. The topological polar surface area (TPSA) is 95.4 Å². The van der Waals surface area contributed by atoms with Gasteiger partial charge in [-0.05, 0) is 36.4 Å². The molecule has 0 saturated carbocycles. The number of para-hydroxylation sites is 1. The Balaban J connectivity index is 1.58. The maximum absolute atomic E-state index is 12.5. The molecule has 2 heterocycles. The summed E-state index contributed by atoms with van der Waals surface area (Å²) in [6.07, 6.45) is 0. The van der Waals surface area contributed by atoms with Gasteiger partial charge < -0.3 is 13.7 Å². The third-order valence-electron chi connectivity index (χ3n) is 4.08. The highest BCUT2D eigenvalue weighted by atomic mass is 32.2. The highest BCUT2D eigenvalue weighted by molar-refractivity contribution is 7.90. The van der Waals surface area contributed by atoms with Crippen LogP contribution in [0.15, 0.2) is 80.6 Å². The molecule has 0 N–H and O–H groups in total. The van der Waals surface area contributed by atoms with Gasteiger partial charge in [0.1, 0.15) is 17.3 Å². The molecule has 4 aromatic rings. The minimum atomic E-state index is -3.51. The fourth-order valence-corrected chi connectivity index (χ4v) is 4.00. The van der Waals surface area contributed by atoms with Crippen LogP contribution in [0.3, 0.4) is 0 Å². The van der Waals surface area contributed by atoms with Gasteiger partial charge in [-0.15, -0.1) is 0 Å². The van der Waals surface area contributed by atoms with E-state index < -0.39 is 9.84 Å². The average molecular weight is 396 g/mol. The Morgan fingerprint density at radius 3 is 2.50 bits per heavy atom. The van der Waals surface area contributed by atoms with Gasteiger partial charge in [0.05, 0.1) is 17.6 Å². The molecule has 0 saturated heterocycles. The summed E-state index contributed by atoms with van der Waals surface area (Å²) in [5.74, 6) is 1.45. The first-order valence-electron chi connectivity index (χ1n) is 8.41. The number of nitrogens with zero attached hydrogens (tertiary/aromatic N) is 2. The van der Waals surface area contributed by atoms with E-state index in [1.807, 2.05) is 18.2 Å². The predicted molar refractivity (Wildman–Crippen MR) is 101 cm³/mol. The van der Waals surface area contributed by atoms with E-state index >= 15 is 0 Å². The van der Waals surface area contributed by atoms with E-state index in [4.69, 9.17) is 13.7 Å². The van der Waals surface area contributed by atoms with Crippen molar-refractivity contribution in [2.24, 2.45) is 0 Å². The summed E-state index contributed by atoms with van der Waals surface area (Å²) < 4.78 is 41.2. The number of furan rings is 1. The van der Waals surface area contributed by atoms with Crippen molar-refractivity contribution in [1.29, 1.82) is 0 Å². The second-order valence-corrected chi connectivity index (χ2v) is 7.95. The Kier molecular flexibility index (Phi) is 4.70. The van der Waals surface area contributed by atoms with Gasteiger partial charge in [-0.25, -0.2) is 8.42 Å². The minimum absolute atomic E-state index is 0.157. The van der Waals surface area contributed by atoms with E-state index in [0.29, 0.717) is 22.9 Å². The standard InChI is InChI=1S/C20H16N2O5S/c1-25-17-10-6-5-9-16(17)19-21-20(27-22-19)18-12-11-14(26-18)13-28(23,24)15-7-3-2-4-8-15/h2-12H,13H2,1H3. The number of benzene rings is 2. The molecule has 28 heavy (non-hydrogen) atoms. The summed E-state index contributed by atoms with van der Waals surface area (Å²) in [5.41, 5.74) is 0.679. The molecule has 142 valence electrons. The molecule has 0 fully saturated rings. The van der Waals surface area contributed by atoms with E-state index in [9.17, 15) is 8.42 Å². The van der Waals surface area contributed by atoms with Gasteiger partial charge in [0.25, 0.3) is 5.89 Å². The first-order chi connectivity index (χ1) is 13.6. The Labute approximate surface area is 161 Å². The summed E-state index contributed by atoms with van der Waals surface area (Å²) in [6, 6.07) is 18.7. The monoisotopic (exact) mass is 396 g/mol. The third kappa shape index (κ3) is 3.54. The zero-order chi connectivity index (χ0) is 19.6. The molecule has 0 atom stereocenters. The molecule has 7 nitrogen and oxygen atoms in total. The van der Waals surface area contributed by atoms with Crippen LogP contribution < -0.4 is 4.74 Å². The molecule has 4 rings (SSSR count). The SMILES string of the molecule is COc1ccccc1-c1noc(-c2ccc(CS(=O)(=O)c3ccccc3)o2)n1. The predicted octanol–water partition coefficient (Wildman–Crippen LogP) is 3.98. The Hall–Kier alpha value is -3.39. The van der Waals surface area contributed by atoms with Gasteiger partial charge in [0, 0.05) is 0 Å². The van der Waals surface area contributed by atoms with Crippen LogP contribution in [0.1, 0.15) is 5.76 Å². The normalized spacial score (nSPS) is 11.5. The molecule has 0 aliphatic rings. The highest BCUT2D eigenvalue weighted by Gasteiger charge is 2.20. The van der Waals surface area contributed by atoms with Crippen molar-refractivity contribution in [3.8, 4) is 28.8 Å².